The molecular formula is C25H23ClF2N6O2. The van der Waals surface area contributed by atoms with Crippen molar-refractivity contribution in [3.05, 3.63) is 93.5 Å². The van der Waals surface area contributed by atoms with Crippen molar-refractivity contribution < 1.29 is 13.5 Å². The van der Waals surface area contributed by atoms with E-state index in [4.69, 9.17) is 16.3 Å². The largest absolute Gasteiger partial charge is 0.378 e. The summed E-state index contributed by atoms with van der Waals surface area (Å²) in [6.45, 7) is 0.497. The van der Waals surface area contributed by atoms with E-state index in [1.54, 1.807) is 54.7 Å². The lowest BCUT2D eigenvalue weighted by molar-refractivity contribution is 0.0284. The Hall–Kier alpha value is -3.63. The van der Waals surface area contributed by atoms with Crippen molar-refractivity contribution in [2.75, 3.05) is 18.5 Å². The molecule has 1 aliphatic rings. The maximum absolute atomic E-state index is 14.3. The fourth-order valence-electron chi connectivity index (χ4n) is 4.26. The Morgan fingerprint density at radius 1 is 1.22 bits per heavy atom. The topological polar surface area (TPSA) is 86.9 Å². The van der Waals surface area contributed by atoms with Gasteiger partial charge in [0.2, 0.25) is 5.95 Å². The minimum atomic E-state index is -1.16. The average molecular weight is 513 g/mol. The van der Waals surface area contributed by atoms with Gasteiger partial charge in [-0.2, -0.15) is 5.10 Å². The fourth-order valence-corrected chi connectivity index (χ4v) is 4.38. The molecule has 0 unspecified atom stereocenters. The number of anilines is 1. The summed E-state index contributed by atoms with van der Waals surface area (Å²) < 4.78 is 36.7. The number of rotatable bonds is 6. The highest BCUT2D eigenvalue weighted by Crippen LogP contribution is 2.29. The van der Waals surface area contributed by atoms with Gasteiger partial charge in [0, 0.05) is 49.4 Å². The first-order valence-electron chi connectivity index (χ1n) is 11.4. The predicted molar refractivity (Wildman–Crippen MR) is 131 cm³/mol. The summed E-state index contributed by atoms with van der Waals surface area (Å²) in [6.07, 6.45) is 5.94. The lowest BCUT2D eigenvalue weighted by Gasteiger charge is -2.26. The number of hydrogen-bond donors (Lipinski definition) is 1. The van der Waals surface area contributed by atoms with Gasteiger partial charge < -0.3 is 14.6 Å². The molecule has 36 heavy (non-hydrogen) atoms. The number of nitrogens with one attached hydrogen (secondary N) is 1. The molecule has 1 saturated heterocycles. The molecule has 1 fully saturated rings. The van der Waals surface area contributed by atoms with Crippen LogP contribution in [0.3, 0.4) is 0 Å². The summed E-state index contributed by atoms with van der Waals surface area (Å²) >= 11 is 5.88. The van der Waals surface area contributed by atoms with Crippen LogP contribution in [0.5, 0.6) is 0 Å². The number of aryl methyl sites for hydroxylation is 1. The number of alkyl halides is 1. The van der Waals surface area contributed by atoms with Crippen molar-refractivity contribution in [2.24, 2.45) is 7.05 Å². The van der Waals surface area contributed by atoms with Crippen LogP contribution in [0.4, 0.5) is 14.7 Å². The summed E-state index contributed by atoms with van der Waals surface area (Å²) in [4.78, 5) is 22.0. The van der Waals surface area contributed by atoms with E-state index in [2.05, 4.69) is 20.4 Å². The van der Waals surface area contributed by atoms with E-state index in [0.29, 0.717) is 35.4 Å². The lowest BCUT2D eigenvalue weighted by Crippen LogP contribution is -2.39. The molecule has 8 nitrogen and oxygen atoms in total. The Kier molecular flexibility index (Phi) is 6.80. The predicted octanol–water partition coefficient (Wildman–Crippen LogP) is 4.01. The van der Waals surface area contributed by atoms with Gasteiger partial charge in [-0.1, -0.05) is 17.7 Å². The van der Waals surface area contributed by atoms with Gasteiger partial charge in [-0.05, 0) is 36.2 Å². The Morgan fingerprint density at radius 2 is 2.08 bits per heavy atom. The van der Waals surface area contributed by atoms with E-state index in [-0.39, 0.29) is 23.1 Å². The van der Waals surface area contributed by atoms with Crippen LogP contribution in [0.15, 0.2) is 66.0 Å². The first-order chi connectivity index (χ1) is 17.4. The molecule has 0 radical (unpaired) electrons. The number of benzene rings is 1. The summed E-state index contributed by atoms with van der Waals surface area (Å²) in [5.41, 5.74) is 2.01. The molecule has 186 valence electrons. The second-order valence-corrected chi connectivity index (χ2v) is 8.99. The average Bonchev–Trinajstić information content (AvgIpc) is 3.30. The zero-order chi connectivity index (χ0) is 25.2. The van der Waals surface area contributed by atoms with Gasteiger partial charge >= 0.3 is 0 Å². The van der Waals surface area contributed by atoms with Crippen LogP contribution < -0.4 is 10.9 Å². The SMILES string of the molecule is Cn1cc([C@H](c2ccc(Cl)c(F)c2)n2ccc(-c3ccnc(N[C@@H]4CCOC[C@H]4F)n3)cc2=O)cn1. The molecule has 4 aromatic rings. The minimum Gasteiger partial charge on any atom is -0.378 e. The zero-order valence-corrected chi connectivity index (χ0v) is 20.1. The molecular weight excluding hydrogens is 490 g/mol. The third kappa shape index (κ3) is 5.00. The van der Waals surface area contributed by atoms with Crippen LogP contribution in [0, 0.1) is 5.82 Å². The molecule has 3 aromatic heterocycles. The molecule has 1 aliphatic heterocycles. The molecule has 3 atom stereocenters. The fraction of sp³-hybridized carbons (Fsp3) is 0.280. The van der Waals surface area contributed by atoms with Gasteiger partial charge in [0.05, 0.1) is 35.6 Å². The van der Waals surface area contributed by atoms with Crippen LogP contribution >= 0.6 is 11.6 Å². The Balaban J connectivity index is 1.48. The van der Waals surface area contributed by atoms with Crippen molar-refractivity contribution in [3.8, 4) is 11.3 Å². The lowest BCUT2D eigenvalue weighted by atomic mass is 10.0. The van der Waals surface area contributed by atoms with Crippen LogP contribution in [0.25, 0.3) is 11.3 Å². The van der Waals surface area contributed by atoms with E-state index in [1.165, 1.54) is 22.8 Å². The summed E-state index contributed by atoms with van der Waals surface area (Å²) in [5, 5.41) is 7.23. The van der Waals surface area contributed by atoms with Crippen molar-refractivity contribution >= 4 is 17.5 Å². The van der Waals surface area contributed by atoms with Gasteiger partial charge in [0.15, 0.2) is 0 Å². The number of nitrogens with zero attached hydrogens (tertiary/aromatic N) is 5. The Bertz CT molecular complexity index is 1440. The molecule has 0 spiro atoms. The molecule has 5 rings (SSSR count). The smallest absolute Gasteiger partial charge is 0.252 e. The van der Waals surface area contributed by atoms with Crippen molar-refractivity contribution in [1.82, 2.24) is 24.3 Å². The van der Waals surface area contributed by atoms with E-state index in [1.807, 2.05) is 0 Å². The highest BCUT2D eigenvalue weighted by atomic mass is 35.5. The second-order valence-electron chi connectivity index (χ2n) is 8.58. The first kappa shape index (κ1) is 24.1. The summed E-state index contributed by atoms with van der Waals surface area (Å²) in [6, 6.07) is 8.27. The van der Waals surface area contributed by atoms with Gasteiger partial charge in [-0.15, -0.1) is 0 Å². The second kappa shape index (κ2) is 10.2. The first-order valence-corrected chi connectivity index (χ1v) is 11.7. The molecule has 4 heterocycles. The van der Waals surface area contributed by atoms with E-state index in [9.17, 15) is 13.6 Å². The van der Waals surface area contributed by atoms with Gasteiger partial charge in [-0.25, -0.2) is 18.7 Å². The minimum absolute atomic E-state index is 0.000564. The summed E-state index contributed by atoms with van der Waals surface area (Å²) in [7, 11) is 1.76. The van der Waals surface area contributed by atoms with E-state index >= 15 is 0 Å². The number of halogens is 3. The van der Waals surface area contributed by atoms with Crippen LogP contribution in [0.2, 0.25) is 5.02 Å². The molecule has 0 aliphatic carbocycles. The van der Waals surface area contributed by atoms with Crippen molar-refractivity contribution in [3.63, 3.8) is 0 Å². The van der Waals surface area contributed by atoms with E-state index in [0.717, 1.165) is 0 Å². The van der Waals surface area contributed by atoms with Crippen LogP contribution in [-0.4, -0.2) is 49.7 Å². The molecule has 0 bridgehead atoms. The maximum atomic E-state index is 14.3. The highest BCUT2D eigenvalue weighted by molar-refractivity contribution is 6.30. The zero-order valence-electron chi connectivity index (χ0n) is 19.3. The molecule has 1 N–H and O–H groups in total. The van der Waals surface area contributed by atoms with Crippen molar-refractivity contribution in [2.45, 2.75) is 24.7 Å². The molecule has 1 aromatic carbocycles. The van der Waals surface area contributed by atoms with Crippen molar-refractivity contribution in [1.29, 1.82) is 0 Å². The third-order valence-electron chi connectivity index (χ3n) is 6.08. The van der Waals surface area contributed by atoms with Gasteiger partial charge in [-0.3, -0.25) is 9.48 Å². The molecule has 0 saturated carbocycles. The number of hydrogen-bond acceptors (Lipinski definition) is 6. The monoisotopic (exact) mass is 512 g/mol. The molecule has 11 heteroatoms. The van der Waals surface area contributed by atoms with Gasteiger partial charge in [0.1, 0.15) is 12.0 Å². The normalized spacial score (nSPS) is 18.7. The Labute approximate surface area is 210 Å². The van der Waals surface area contributed by atoms with E-state index < -0.39 is 24.1 Å². The number of aromatic nitrogens is 5. The summed E-state index contributed by atoms with van der Waals surface area (Å²) in [5.74, 6) is -0.301. The van der Waals surface area contributed by atoms with Gasteiger partial charge in [0.25, 0.3) is 5.56 Å². The standard InChI is InChI=1S/C25H23ClF2N6O2/c1-33-13-17(12-30-33)24(16-2-3-18(26)19(27)10-16)34-8-5-15(11-23(34)35)21-4-7-29-25(31-21)32-22-6-9-36-14-20(22)28/h2-5,7-8,10-13,20,22,24H,6,9,14H2,1H3,(H,29,31,32)/t20-,22-,24+/m1/s1. The molecule has 0 amide bonds. The number of pyridine rings is 1. The highest BCUT2D eigenvalue weighted by Gasteiger charge is 2.26. The maximum Gasteiger partial charge on any atom is 0.252 e. The van der Waals surface area contributed by atoms with Crippen LogP contribution in [0.1, 0.15) is 23.6 Å². The quantitative estimate of drug-likeness (QED) is 0.420. The van der Waals surface area contributed by atoms with Crippen LogP contribution in [-0.2, 0) is 11.8 Å². The Morgan fingerprint density at radius 3 is 2.81 bits per heavy atom. The number of ether oxygens (including phenoxy) is 1. The third-order valence-corrected chi connectivity index (χ3v) is 6.39.